The fourth-order valence-electron chi connectivity index (χ4n) is 0.480. The molecule has 0 aromatic rings. The first-order valence-corrected chi connectivity index (χ1v) is 4.98. The Hall–Kier alpha value is 0.630. The third-order valence-corrected chi connectivity index (χ3v) is 2.92. The molecule has 2 atom stereocenters. The van der Waals surface area contributed by atoms with Gasteiger partial charge in [-0.05, 0) is 6.92 Å². The minimum absolute atomic E-state index is 0.251. The van der Waals surface area contributed by atoms with E-state index in [4.69, 9.17) is 46.4 Å². The lowest BCUT2D eigenvalue weighted by atomic mass is 10.3. The highest BCUT2D eigenvalue weighted by molar-refractivity contribution is 6.50. The van der Waals surface area contributed by atoms with Gasteiger partial charge in [0.1, 0.15) is 10.2 Å². The third-order valence-electron chi connectivity index (χ3n) is 1.03. The lowest BCUT2D eigenvalue weighted by Crippen LogP contribution is -2.31. The summed E-state index contributed by atoms with van der Waals surface area (Å²) in [7, 11) is 0. The fraction of sp³-hybridized carbons (Fsp3) is 0.833. The van der Waals surface area contributed by atoms with Crippen LogP contribution in [0.1, 0.15) is 6.92 Å². The Kier molecular flexibility index (Phi) is 6.46. The van der Waals surface area contributed by atoms with E-state index in [1.807, 2.05) is 0 Å². The highest BCUT2D eigenvalue weighted by Crippen LogP contribution is 2.22. The predicted octanol–water partition coefficient (Wildman–Crippen LogP) is 2.57. The van der Waals surface area contributed by atoms with E-state index in [2.05, 4.69) is 4.74 Å². The van der Waals surface area contributed by atoms with Gasteiger partial charge < -0.3 is 4.74 Å². The highest BCUT2D eigenvalue weighted by atomic mass is 35.5. The van der Waals surface area contributed by atoms with E-state index in [-0.39, 0.29) is 6.61 Å². The van der Waals surface area contributed by atoms with Crippen molar-refractivity contribution in [3.05, 3.63) is 0 Å². The number of carbonyl (C=O) groups excluding carboxylic acids is 1. The first-order chi connectivity index (χ1) is 5.50. The molecule has 0 aliphatic carbocycles. The second-order valence-electron chi connectivity index (χ2n) is 1.93. The van der Waals surface area contributed by atoms with Crippen molar-refractivity contribution in [1.82, 2.24) is 0 Å². The Balaban J connectivity index is 4.00. The van der Waals surface area contributed by atoms with Gasteiger partial charge in [-0.3, -0.25) is 4.79 Å². The van der Waals surface area contributed by atoms with Gasteiger partial charge in [-0.15, -0.1) is 46.4 Å². The smallest absolute Gasteiger partial charge is 0.325 e. The van der Waals surface area contributed by atoms with Crippen molar-refractivity contribution in [2.45, 2.75) is 22.5 Å². The minimum Gasteiger partial charge on any atom is -0.465 e. The minimum atomic E-state index is -1.01. The van der Waals surface area contributed by atoms with Crippen LogP contribution in [0.3, 0.4) is 0 Å². The monoisotopic (exact) mass is 252 g/mol. The maximum absolute atomic E-state index is 10.9. The van der Waals surface area contributed by atoms with E-state index < -0.39 is 21.6 Å². The van der Waals surface area contributed by atoms with Crippen molar-refractivity contribution in [3.8, 4) is 0 Å². The van der Waals surface area contributed by atoms with Crippen LogP contribution in [0.2, 0.25) is 0 Å². The molecule has 0 N–H and O–H groups in total. The van der Waals surface area contributed by atoms with Crippen molar-refractivity contribution in [1.29, 1.82) is 0 Å². The SMILES string of the molecule is CCOC(=O)C(Cl)C(Cl)C(Cl)Cl. The van der Waals surface area contributed by atoms with Crippen molar-refractivity contribution >= 4 is 52.4 Å². The molecule has 0 spiro atoms. The molecule has 0 bridgehead atoms. The van der Waals surface area contributed by atoms with Crippen LogP contribution < -0.4 is 0 Å². The van der Waals surface area contributed by atoms with Crippen LogP contribution >= 0.6 is 46.4 Å². The zero-order valence-corrected chi connectivity index (χ0v) is 9.29. The van der Waals surface area contributed by atoms with E-state index in [0.717, 1.165) is 0 Å². The van der Waals surface area contributed by atoms with Gasteiger partial charge in [0.15, 0.2) is 0 Å². The van der Waals surface area contributed by atoms with Gasteiger partial charge in [0.05, 0.1) is 12.0 Å². The fourth-order valence-corrected chi connectivity index (χ4v) is 1.23. The molecular formula is C6H8Cl4O2. The van der Waals surface area contributed by atoms with Crippen LogP contribution in [0.25, 0.3) is 0 Å². The normalized spacial score (nSPS) is 15.8. The molecule has 0 aliphatic rings. The average Bonchev–Trinajstić information content (AvgIpc) is 2.02. The Morgan fingerprint density at radius 1 is 1.33 bits per heavy atom. The topological polar surface area (TPSA) is 26.3 Å². The second kappa shape index (κ2) is 6.14. The summed E-state index contributed by atoms with van der Waals surface area (Å²) < 4.78 is 4.60. The zero-order chi connectivity index (χ0) is 9.72. The number of halogens is 4. The molecule has 0 aliphatic heterocycles. The molecule has 0 aromatic heterocycles. The summed E-state index contributed by atoms with van der Waals surface area (Å²) in [6.45, 7) is 1.92. The average molecular weight is 254 g/mol. The number of hydrogen-bond acceptors (Lipinski definition) is 2. The zero-order valence-electron chi connectivity index (χ0n) is 6.27. The number of rotatable bonds is 4. The summed E-state index contributed by atoms with van der Waals surface area (Å²) in [6, 6.07) is 0. The Bertz CT molecular complexity index is 150. The molecular weight excluding hydrogens is 246 g/mol. The van der Waals surface area contributed by atoms with E-state index in [1.54, 1.807) is 6.92 Å². The summed E-state index contributed by atoms with van der Waals surface area (Å²) in [6.07, 6.45) is 0. The van der Waals surface area contributed by atoms with Crippen LogP contribution in [-0.2, 0) is 9.53 Å². The van der Waals surface area contributed by atoms with E-state index in [1.165, 1.54) is 0 Å². The molecule has 12 heavy (non-hydrogen) atoms. The van der Waals surface area contributed by atoms with Gasteiger partial charge in [0.25, 0.3) is 0 Å². The van der Waals surface area contributed by atoms with Crippen LogP contribution in [0.15, 0.2) is 0 Å². The van der Waals surface area contributed by atoms with Crippen molar-refractivity contribution in [3.63, 3.8) is 0 Å². The summed E-state index contributed by atoms with van der Waals surface area (Å²) in [5.74, 6) is -0.606. The maximum atomic E-state index is 10.9. The van der Waals surface area contributed by atoms with E-state index >= 15 is 0 Å². The standard InChI is InChI=1S/C6H8Cl4O2/c1-2-12-6(11)4(8)3(7)5(9)10/h3-5H,2H2,1H3. The predicted molar refractivity (Wildman–Crippen MR) is 51.4 cm³/mol. The number of hydrogen-bond donors (Lipinski definition) is 0. The molecule has 0 radical (unpaired) electrons. The molecule has 0 heterocycles. The molecule has 0 fully saturated rings. The van der Waals surface area contributed by atoms with Crippen molar-refractivity contribution in [2.75, 3.05) is 6.61 Å². The molecule has 0 aromatic carbocycles. The summed E-state index contributed by atoms with van der Waals surface area (Å²) in [5.41, 5.74) is 0. The van der Waals surface area contributed by atoms with Gasteiger partial charge in [0, 0.05) is 0 Å². The third kappa shape index (κ3) is 4.04. The first kappa shape index (κ1) is 12.6. The molecule has 0 rings (SSSR count). The lowest BCUT2D eigenvalue weighted by Gasteiger charge is -2.14. The van der Waals surface area contributed by atoms with Gasteiger partial charge in [0.2, 0.25) is 0 Å². The Labute approximate surface area is 91.1 Å². The molecule has 0 saturated heterocycles. The Morgan fingerprint density at radius 2 is 1.83 bits per heavy atom. The molecule has 0 saturated carbocycles. The number of carbonyl (C=O) groups is 1. The van der Waals surface area contributed by atoms with Crippen LogP contribution in [-0.4, -0.2) is 28.2 Å². The van der Waals surface area contributed by atoms with Gasteiger partial charge in [-0.25, -0.2) is 0 Å². The van der Waals surface area contributed by atoms with E-state index in [0.29, 0.717) is 0 Å². The van der Waals surface area contributed by atoms with Crippen molar-refractivity contribution < 1.29 is 9.53 Å². The number of alkyl halides is 4. The molecule has 72 valence electrons. The van der Waals surface area contributed by atoms with Gasteiger partial charge in [-0.1, -0.05) is 0 Å². The maximum Gasteiger partial charge on any atom is 0.325 e. The number of esters is 1. The Morgan fingerprint density at radius 3 is 2.17 bits per heavy atom. The van der Waals surface area contributed by atoms with E-state index in [9.17, 15) is 4.79 Å². The summed E-state index contributed by atoms with van der Waals surface area (Å²) in [5, 5.41) is -1.85. The van der Waals surface area contributed by atoms with Gasteiger partial charge >= 0.3 is 5.97 Å². The first-order valence-electron chi connectivity index (χ1n) is 3.23. The van der Waals surface area contributed by atoms with Gasteiger partial charge in [-0.2, -0.15) is 0 Å². The quantitative estimate of drug-likeness (QED) is 0.569. The molecule has 6 heteroatoms. The molecule has 0 amide bonds. The molecule has 2 unspecified atom stereocenters. The van der Waals surface area contributed by atoms with Crippen LogP contribution in [0, 0.1) is 0 Å². The second-order valence-corrected chi connectivity index (χ2v) is 4.07. The summed E-state index contributed by atoms with van der Waals surface area (Å²) >= 11 is 22.0. The van der Waals surface area contributed by atoms with Crippen LogP contribution in [0.5, 0.6) is 0 Å². The van der Waals surface area contributed by atoms with Crippen LogP contribution in [0.4, 0.5) is 0 Å². The lowest BCUT2D eigenvalue weighted by molar-refractivity contribution is -0.142. The summed E-state index contributed by atoms with van der Waals surface area (Å²) in [4.78, 5) is 10.0. The van der Waals surface area contributed by atoms with Crippen molar-refractivity contribution in [2.24, 2.45) is 0 Å². The largest absolute Gasteiger partial charge is 0.465 e. The molecule has 2 nitrogen and oxygen atoms in total. The highest BCUT2D eigenvalue weighted by Gasteiger charge is 2.30. The number of ether oxygens (including phenoxy) is 1.